The summed E-state index contributed by atoms with van der Waals surface area (Å²) in [5.74, 6) is -1.14. The number of hydrogen-bond donors (Lipinski definition) is 3. The second-order valence-corrected chi connectivity index (χ2v) is 5.47. The van der Waals surface area contributed by atoms with Crippen LogP contribution >= 0.6 is 15.9 Å². The molecule has 0 saturated heterocycles. The second kappa shape index (κ2) is 7.89. The molecule has 0 spiro atoms. The Morgan fingerprint density at radius 1 is 1.35 bits per heavy atom. The number of carbonyl (C=O) groups is 2. The Labute approximate surface area is 126 Å². The van der Waals surface area contributed by atoms with Crippen LogP contribution in [0.2, 0.25) is 0 Å². The van der Waals surface area contributed by atoms with Gasteiger partial charge >= 0.3 is 12.0 Å². The zero-order chi connectivity index (χ0) is 15.1. The summed E-state index contributed by atoms with van der Waals surface area (Å²) in [5.41, 5.74) is 0.929. The first kappa shape index (κ1) is 16.5. The summed E-state index contributed by atoms with van der Waals surface area (Å²) in [6.07, 6.45) is 0.682. The van der Waals surface area contributed by atoms with Crippen molar-refractivity contribution in [3.05, 3.63) is 34.3 Å². The first-order valence-corrected chi connectivity index (χ1v) is 7.25. The van der Waals surface area contributed by atoms with E-state index in [1.165, 1.54) is 0 Å². The molecule has 110 valence electrons. The third kappa shape index (κ3) is 4.85. The molecular weight excluding hydrogens is 324 g/mol. The summed E-state index contributed by atoms with van der Waals surface area (Å²) in [5, 5.41) is 14.3. The minimum absolute atomic E-state index is 0.123. The lowest BCUT2D eigenvalue weighted by Crippen LogP contribution is -2.48. The van der Waals surface area contributed by atoms with Gasteiger partial charge in [0.05, 0.1) is 0 Å². The van der Waals surface area contributed by atoms with Gasteiger partial charge in [-0.2, -0.15) is 0 Å². The summed E-state index contributed by atoms with van der Waals surface area (Å²) in [4.78, 5) is 22.9. The SMILES string of the molecule is CCC(C)[C@H](NC(=O)NCc1ccccc1Br)C(=O)O. The fraction of sp³-hybridized carbons (Fsp3) is 0.429. The average Bonchev–Trinajstić information content (AvgIpc) is 2.42. The highest BCUT2D eigenvalue weighted by Crippen LogP contribution is 2.15. The molecule has 2 amide bonds. The van der Waals surface area contributed by atoms with Gasteiger partial charge in [0.25, 0.3) is 0 Å². The zero-order valence-corrected chi connectivity index (χ0v) is 13.1. The number of carbonyl (C=O) groups excluding carboxylic acids is 1. The standard InChI is InChI=1S/C14H19BrN2O3/c1-3-9(2)12(13(18)19)17-14(20)16-8-10-6-4-5-7-11(10)15/h4-7,9,12H,3,8H2,1-2H3,(H,18,19)(H2,16,17,20)/t9?,12-/m0/s1. The predicted octanol–water partition coefficient (Wildman–Crippen LogP) is 2.75. The largest absolute Gasteiger partial charge is 0.480 e. The van der Waals surface area contributed by atoms with Crippen molar-refractivity contribution in [1.29, 1.82) is 0 Å². The van der Waals surface area contributed by atoms with Gasteiger partial charge in [-0.1, -0.05) is 54.4 Å². The number of carboxylic acid groups (broad SMARTS) is 1. The molecule has 2 atom stereocenters. The van der Waals surface area contributed by atoms with Gasteiger partial charge in [0, 0.05) is 11.0 Å². The first-order chi connectivity index (χ1) is 9.45. The summed E-state index contributed by atoms with van der Waals surface area (Å²) in [7, 11) is 0. The predicted molar refractivity (Wildman–Crippen MR) is 80.4 cm³/mol. The third-order valence-corrected chi connectivity index (χ3v) is 3.94. The van der Waals surface area contributed by atoms with Crippen LogP contribution in [0, 0.1) is 5.92 Å². The quantitative estimate of drug-likeness (QED) is 0.743. The molecule has 0 aromatic heterocycles. The van der Waals surface area contributed by atoms with Crippen LogP contribution in [0.5, 0.6) is 0 Å². The normalized spacial score (nSPS) is 13.3. The first-order valence-electron chi connectivity index (χ1n) is 6.46. The van der Waals surface area contributed by atoms with Gasteiger partial charge in [-0.25, -0.2) is 9.59 Å². The molecule has 0 aliphatic heterocycles. The molecule has 0 heterocycles. The van der Waals surface area contributed by atoms with Crippen LogP contribution in [0.1, 0.15) is 25.8 Å². The molecule has 1 aromatic carbocycles. The topological polar surface area (TPSA) is 78.4 Å². The highest BCUT2D eigenvalue weighted by atomic mass is 79.9. The lowest BCUT2D eigenvalue weighted by molar-refractivity contribution is -0.140. The van der Waals surface area contributed by atoms with Gasteiger partial charge in [-0.15, -0.1) is 0 Å². The van der Waals surface area contributed by atoms with Crippen molar-refractivity contribution in [3.63, 3.8) is 0 Å². The molecule has 0 radical (unpaired) electrons. The number of carboxylic acids is 1. The highest BCUT2D eigenvalue weighted by Gasteiger charge is 2.25. The molecule has 1 aromatic rings. The van der Waals surface area contributed by atoms with Gasteiger partial charge in [-0.05, 0) is 17.5 Å². The van der Waals surface area contributed by atoms with Gasteiger partial charge in [0.1, 0.15) is 6.04 Å². The summed E-state index contributed by atoms with van der Waals surface area (Å²) in [6.45, 7) is 4.02. The maximum Gasteiger partial charge on any atom is 0.326 e. The monoisotopic (exact) mass is 342 g/mol. The molecule has 0 bridgehead atoms. The fourth-order valence-corrected chi connectivity index (χ4v) is 2.12. The molecule has 1 rings (SSSR count). The molecule has 0 saturated carbocycles. The van der Waals surface area contributed by atoms with Crippen LogP contribution in [0.4, 0.5) is 4.79 Å². The van der Waals surface area contributed by atoms with E-state index >= 15 is 0 Å². The Bertz CT molecular complexity index is 479. The average molecular weight is 343 g/mol. The van der Waals surface area contributed by atoms with Crippen molar-refractivity contribution in [2.24, 2.45) is 5.92 Å². The molecular formula is C14H19BrN2O3. The van der Waals surface area contributed by atoms with Crippen LogP contribution < -0.4 is 10.6 Å². The fourth-order valence-electron chi connectivity index (χ4n) is 1.69. The van der Waals surface area contributed by atoms with Crippen molar-refractivity contribution in [1.82, 2.24) is 10.6 Å². The molecule has 20 heavy (non-hydrogen) atoms. The van der Waals surface area contributed by atoms with Gasteiger partial charge < -0.3 is 15.7 Å². The molecule has 0 aliphatic rings. The molecule has 0 fully saturated rings. The number of aliphatic carboxylic acids is 1. The van der Waals surface area contributed by atoms with E-state index < -0.39 is 18.0 Å². The van der Waals surface area contributed by atoms with E-state index in [4.69, 9.17) is 5.11 Å². The van der Waals surface area contributed by atoms with Crippen LogP contribution in [-0.2, 0) is 11.3 Å². The van der Waals surface area contributed by atoms with Gasteiger partial charge in [0.2, 0.25) is 0 Å². The van der Waals surface area contributed by atoms with Gasteiger partial charge in [0.15, 0.2) is 0 Å². The third-order valence-electron chi connectivity index (χ3n) is 3.16. The van der Waals surface area contributed by atoms with Crippen LogP contribution in [0.3, 0.4) is 0 Å². The maximum absolute atomic E-state index is 11.8. The van der Waals surface area contributed by atoms with Crippen molar-refractivity contribution in [2.75, 3.05) is 0 Å². The lowest BCUT2D eigenvalue weighted by atomic mass is 9.99. The van der Waals surface area contributed by atoms with Crippen LogP contribution in [0.15, 0.2) is 28.7 Å². The van der Waals surface area contributed by atoms with E-state index in [0.717, 1.165) is 10.0 Å². The molecule has 6 heteroatoms. The minimum Gasteiger partial charge on any atom is -0.480 e. The van der Waals surface area contributed by atoms with Crippen molar-refractivity contribution < 1.29 is 14.7 Å². The second-order valence-electron chi connectivity index (χ2n) is 4.62. The Kier molecular flexibility index (Phi) is 6.51. The van der Waals surface area contributed by atoms with E-state index in [9.17, 15) is 9.59 Å². The number of halogens is 1. The molecule has 1 unspecified atom stereocenters. The van der Waals surface area contributed by atoms with Crippen LogP contribution in [0.25, 0.3) is 0 Å². The van der Waals surface area contributed by atoms with Crippen molar-refractivity contribution >= 4 is 27.9 Å². The molecule has 0 aliphatic carbocycles. The zero-order valence-electron chi connectivity index (χ0n) is 11.5. The number of amides is 2. The number of hydrogen-bond acceptors (Lipinski definition) is 2. The Balaban J connectivity index is 2.55. The molecule has 3 N–H and O–H groups in total. The Morgan fingerprint density at radius 3 is 2.55 bits per heavy atom. The van der Waals surface area contributed by atoms with Crippen molar-refractivity contribution in [3.8, 4) is 0 Å². The Hall–Kier alpha value is -1.56. The Morgan fingerprint density at radius 2 is 2.00 bits per heavy atom. The summed E-state index contributed by atoms with van der Waals surface area (Å²) >= 11 is 3.39. The minimum atomic E-state index is -1.02. The molecule has 5 nitrogen and oxygen atoms in total. The number of benzene rings is 1. The van der Waals surface area contributed by atoms with E-state index in [1.54, 1.807) is 6.92 Å². The highest BCUT2D eigenvalue weighted by molar-refractivity contribution is 9.10. The van der Waals surface area contributed by atoms with Crippen molar-refractivity contribution in [2.45, 2.75) is 32.9 Å². The van der Waals surface area contributed by atoms with Crippen LogP contribution in [-0.4, -0.2) is 23.1 Å². The van der Waals surface area contributed by atoms with Gasteiger partial charge in [-0.3, -0.25) is 0 Å². The smallest absolute Gasteiger partial charge is 0.326 e. The number of urea groups is 1. The number of nitrogens with one attached hydrogen (secondary N) is 2. The summed E-state index contributed by atoms with van der Waals surface area (Å²) < 4.78 is 0.900. The van der Waals surface area contributed by atoms with E-state index in [2.05, 4.69) is 26.6 Å². The summed E-state index contributed by atoms with van der Waals surface area (Å²) in [6, 6.07) is 6.17. The van der Waals surface area contributed by atoms with E-state index in [-0.39, 0.29) is 5.92 Å². The maximum atomic E-state index is 11.8. The lowest BCUT2D eigenvalue weighted by Gasteiger charge is -2.20. The van der Waals surface area contributed by atoms with E-state index in [0.29, 0.717) is 13.0 Å². The number of rotatable bonds is 6. The van der Waals surface area contributed by atoms with E-state index in [1.807, 2.05) is 31.2 Å².